The molecule has 0 aliphatic heterocycles. The maximum Gasteiger partial charge on any atom is 0.212 e. The van der Waals surface area contributed by atoms with Gasteiger partial charge in [0.2, 0.25) is 5.82 Å². The number of hydrogen-bond donors (Lipinski definition) is 1. The number of aryl methyl sites for hydroxylation is 1. The topological polar surface area (TPSA) is 88.1 Å². The molecule has 0 saturated carbocycles. The molecular weight excluding hydrogens is 222 g/mol. The number of nitrogen functional groups attached to an aromatic ring is 1. The van der Waals surface area contributed by atoms with Gasteiger partial charge in [-0.15, -0.1) is 10.2 Å². The molecule has 2 N–H and O–H groups in total. The number of anilines is 1. The lowest BCUT2D eigenvalue weighted by Gasteiger charge is -2.08. The fourth-order valence-corrected chi connectivity index (χ4v) is 1.29. The maximum absolute atomic E-state index is 5.77. The number of tetrazole rings is 1. The van der Waals surface area contributed by atoms with Crippen molar-refractivity contribution in [3.05, 3.63) is 24.0 Å². The van der Waals surface area contributed by atoms with Crippen LogP contribution in [-0.4, -0.2) is 27.3 Å². The van der Waals surface area contributed by atoms with Crippen LogP contribution in [0.5, 0.6) is 11.5 Å². The SMILES string of the molecule is COc1ccc(N)c(OCc2nnn(C)n2)c1. The minimum absolute atomic E-state index is 0.213. The van der Waals surface area contributed by atoms with Crippen molar-refractivity contribution in [3.8, 4) is 11.5 Å². The standard InChI is InChI=1S/C10H13N5O2/c1-15-13-10(12-14-15)6-17-9-5-7(16-2)3-4-8(9)11/h3-5H,6,11H2,1-2H3. The van der Waals surface area contributed by atoms with Crippen LogP contribution in [0.4, 0.5) is 5.69 Å². The number of ether oxygens (including phenoxy) is 2. The zero-order valence-electron chi connectivity index (χ0n) is 9.62. The van der Waals surface area contributed by atoms with Crippen molar-refractivity contribution in [2.24, 2.45) is 7.05 Å². The van der Waals surface area contributed by atoms with Gasteiger partial charge in [0, 0.05) is 6.07 Å². The molecule has 1 heterocycles. The fraction of sp³-hybridized carbons (Fsp3) is 0.300. The van der Waals surface area contributed by atoms with Crippen LogP contribution in [0.3, 0.4) is 0 Å². The number of nitrogens with zero attached hydrogens (tertiary/aromatic N) is 4. The van der Waals surface area contributed by atoms with Crippen LogP contribution < -0.4 is 15.2 Å². The summed E-state index contributed by atoms with van der Waals surface area (Å²) in [6, 6.07) is 5.20. The first-order chi connectivity index (χ1) is 8.19. The third-order valence-electron chi connectivity index (χ3n) is 2.13. The number of aromatic nitrogens is 4. The second-order valence-electron chi connectivity index (χ2n) is 3.39. The summed E-state index contributed by atoms with van der Waals surface area (Å²) >= 11 is 0. The molecule has 0 amide bonds. The number of hydrogen-bond acceptors (Lipinski definition) is 6. The highest BCUT2D eigenvalue weighted by Gasteiger charge is 2.06. The number of rotatable bonds is 4. The van der Waals surface area contributed by atoms with E-state index in [1.165, 1.54) is 4.80 Å². The van der Waals surface area contributed by atoms with E-state index in [-0.39, 0.29) is 6.61 Å². The molecule has 90 valence electrons. The third kappa shape index (κ3) is 2.63. The Morgan fingerprint density at radius 1 is 1.41 bits per heavy atom. The van der Waals surface area contributed by atoms with Crippen LogP contribution in [0.25, 0.3) is 0 Å². The van der Waals surface area contributed by atoms with Crippen molar-refractivity contribution in [2.75, 3.05) is 12.8 Å². The van der Waals surface area contributed by atoms with Crippen LogP contribution in [-0.2, 0) is 13.7 Å². The molecule has 17 heavy (non-hydrogen) atoms. The van der Waals surface area contributed by atoms with Crippen molar-refractivity contribution in [2.45, 2.75) is 6.61 Å². The highest BCUT2D eigenvalue weighted by molar-refractivity contribution is 5.55. The van der Waals surface area contributed by atoms with E-state index in [1.807, 2.05) is 0 Å². The molecule has 0 atom stereocenters. The highest BCUT2D eigenvalue weighted by Crippen LogP contribution is 2.27. The van der Waals surface area contributed by atoms with Crippen LogP contribution in [0.15, 0.2) is 18.2 Å². The summed E-state index contributed by atoms with van der Waals surface area (Å²) in [7, 11) is 3.27. The summed E-state index contributed by atoms with van der Waals surface area (Å²) in [6.07, 6.45) is 0. The van der Waals surface area contributed by atoms with E-state index in [4.69, 9.17) is 15.2 Å². The molecule has 0 aliphatic carbocycles. The van der Waals surface area contributed by atoms with Crippen molar-refractivity contribution in [3.63, 3.8) is 0 Å². The average Bonchev–Trinajstić information content (AvgIpc) is 2.74. The van der Waals surface area contributed by atoms with E-state index in [2.05, 4.69) is 15.4 Å². The van der Waals surface area contributed by atoms with E-state index in [0.717, 1.165) is 0 Å². The molecule has 1 aromatic heterocycles. The minimum atomic E-state index is 0.213. The van der Waals surface area contributed by atoms with Gasteiger partial charge >= 0.3 is 0 Å². The van der Waals surface area contributed by atoms with Crippen LogP contribution in [0.1, 0.15) is 5.82 Å². The Bertz CT molecular complexity index is 511. The van der Waals surface area contributed by atoms with Gasteiger partial charge in [-0.3, -0.25) is 0 Å². The van der Waals surface area contributed by atoms with E-state index in [0.29, 0.717) is 23.0 Å². The molecule has 7 heteroatoms. The molecule has 0 unspecified atom stereocenters. The Morgan fingerprint density at radius 3 is 2.88 bits per heavy atom. The summed E-state index contributed by atoms with van der Waals surface area (Å²) in [5.41, 5.74) is 6.31. The lowest BCUT2D eigenvalue weighted by Crippen LogP contribution is -2.01. The number of benzene rings is 1. The average molecular weight is 235 g/mol. The molecule has 2 rings (SSSR count). The molecule has 2 aromatic rings. The minimum Gasteiger partial charge on any atom is -0.497 e. The van der Waals surface area contributed by atoms with Gasteiger partial charge in [-0.05, 0) is 17.3 Å². The van der Waals surface area contributed by atoms with Gasteiger partial charge in [0.1, 0.15) is 11.5 Å². The second-order valence-corrected chi connectivity index (χ2v) is 3.39. The smallest absolute Gasteiger partial charge is 0.212 e. The van der Waals surface area contributed by atoms with Gasteiger partial charge in [-0.2, -0.15) is 4.80 Å². The van der Waals surface area contributed by atoms with Gasteiger partial charge in [0.05, 0.1) is 19.8 Å². The van der Waals surface area contributed by atoms with Gasteiger partial charge < -0.3 is 15.2 Å². The van der Waals surface area contributed by atoms with Gasteiger partial charge in [0.15, 0.2) is 6.61 Å². The predicted molar refractivity (Wildman–Crippen MR) is 60.5 cm³/mol. The summed E-state index contributed by atoms with van der Waals surface area (Å²) in [4.78, 5) is 1.37. The first-order valence-corrected chi connectivity index (χ1v) is 4.98. The monoisotopic (exact) mass is 235 g/mol. The molecule has 1 aromatic carbocycles. The van der Waals surface area contributed by atoms with Crippen molar-refractivity contribution >= 4 is 5.69 Å². The lowest BCUT2D eigenvalue weighted by atomic mass is 10.3. The normalized spacial score (nSPS) is 10.2. The highest BCUT2D eigenvalue weighted by atomic mass is 16.5. The Balaban J connectivity index is 2.07. The van der Waals surface area contributed by atoms with E-state index < -0.39 is 0 Å². The van der Waals surface area contributed by atoms with E-state index in [9.17, 15) is 0 Å². The van der Waals surface area contributed by atoms with Crippen LogP contribution in [0.2, 0.25) is 0 Å². The van der Waals surface area contributed by atoms with Gasteiger partial charge in [-0.1, -0.05) is 0 Å². The molecular formula is C10H13N5O2. The van der Waals surface area contributed by atoms with Gasteiger partial charge in [0.25, 0.3) is 0 Å². The van der Waals surface area contributed by atoms with Gasteiger partial charge in [-0.25, -0.2) is 0 Å². The first kappa shape index (κ1) is 11.2. The Hall–Kier alpha value is -2.31. The van der Waals surface area contributed by atoms with Crippen molar-refractivity contribution < 1.29 is 9.47 Å². The first-order valence-electron chi connectivity index (χ1n) is 4.98. The number of methoxy groups -OCH3 is 1. The lowest BCUT2D eigenvalue weighted by molar-refractivity contribution is 0.295. The Kier molecular flexibility index (Phi) is 3.08. The summed E-state index contributed by atoms with van der Waals surface area (Å²) in [5, 5.41) is 11.5. The molecule has 0 spiro atoms. The van der Waals surface area contributed by atoms with Crippen LogP contribution in [0, 0.1) is 0 Å². The number of nitrogens with two attached hydrogens (primary N) is 1. The van der Waals surface area contributed by atoms with Crippen molar-refractivity contribution in [1.29, 1.82) is 0 Å². The maximum atomic E-state index is 5.77. The van der Waals surface area contributed by atoms with E-state index >= 15 is 0 Å². The zero-order valence-corrected chi connectivity index (χ0v) is 9.62. The van der Waals surface area contributed by atoms with Crippen LogP contribution >= 0.6 is 0 Å². The van der Waals surface area contributed by atoms with Crippen molar-refractivity contribution in [1.82, 2.24) is 20.2 Å². The predicted octanol–water partition coefficient (Wildman–Crippen LogP) is 0.380. The summed E-state index contributed by atoms with van der Waals surface area (Å²) in [6.45, 7) is 0.213. The third-order valence-corrected chi connectivity index (χ3v) is 2.13. The molecule has 0 fully saturated rings. The largest absolute Gasteiger partial charge is 0.497 e. The molecule has 0 bridgehead atoms. The molecule has 7 nitrogen and oxygen atoms in total. The summed E-state index contributed by atoms with van der Waals surface area (Å²) < 4.78 is 10.6. The Morgan fingerprint density at radius 2 is 2.24 bits per heavy atom. The molecule has 0 aliphatic rings. The molecule has 0 saturated heterocycles. The van der Waals surface area contributed by atoms with E-state index in [1.54, 1.807) is 32.4 Å². The summed E-state index contributed by atoms with van der Waals surface area (Å²) in [5.74, 6) is 1.72. The molecule has 0 radical (unpaired) electrons. The quantitative estimate of drug-likeness (QED) is 0.771. The zero-order chi connectivity index (χ0) is 12.3. The Labute approximate surface area is 98.1 Å². The fourth-order valence-electron chi connectivity index (χ4n) is 1.29. The second kappa shape index (κ2) is 4.69.